The van der Waals surface area contributed by atoms with Crippen LogP contribution in [0.1, 0.15) is 5.56 Å². The summed E-state index contributed by atoms with van der Waals surface area (Å²) in [6, 6.07) is 23.8. The lowest BCUT2D eigenvalue weighted by molar-refractivity contribution is 0.414. The Hall–Kier alpha value is -2.35. The van der Waals surface area contributed by atoms with Gasteiger partial charge in [0.1, 0.15) is 10.8 Å². The van der Waals surface area contributed by atoms with Crippen molar-refractivity contribution in [2.24, 2.45) is 0 Å². The molecule has 1 aromatic heterocycles. The van der Waals surface area contributed by atoms with Gasteiger partial charge in [-0.15, -0.1) is 11.3 Å². The van der Waals surface area contributed by atoms with Crippen molar-refractivity contribution in [1.29, 1.82) is 0 Å². The van der Waals surface area contributed by atoms with E-state index in [1.165, 1.54) is 15.6 Å². The first-order valence-corrected chi connectivity index (χ1v) is 11.9. The third-order valence-corrected chi connectivity index (χ3v) is 8.67. The molecule has 0 amide bonds. The summed E-state index contributed by atoms with van der Waals surface area (Å²) in [4.78, 5) is 0.257. The molecule has 4 rings (SSSR count). The Morgan fingerprint density at radius 3 is 2.41 bits per heavy atom. The third kappa shape index (κ3) is 3.90. The van der Waals surface area contributed by atoms with Crippen molar-refractivity contribution < 1.29 is 13.2 Å². The van der Waals surface area contributed by atoms with E-state index in [4.69, 9.17) is 4.74 Å². The normalized spacial score (nSPS) is 11.5. The fourth-order valence-electron chi connectivity index (χ4n) is 3.08. The SMILES string of the molecule is COc1cccc(CN(c2sc3ccccc3c2Br)S(=O)(=O)c2ccccc2)c1. The Balaban J connectivity index is 1.87. The van der Waals surface area contributed by atoms with Gasteiger partial charge >= 0.3 is 0 Å². The standard InChI is InChI=1S/C22H18BrNO3S2/c1-27-17-9-7-8-16(14-17)15-24(29(25,26)18-10-3-2-4-11-18)22-21(23)19-12-5-6-13-20(19)28-22/h2-14H,15H2,1H3. The molecular formula is C22H18BrNO3S2. The van der Waals surface area contributed by atoms with Crippen LogP contribution >= 0.6 is 27.3 Å². The number of benzene rings is 3. The van der Waals surface area contributed by atoms with Crippen molar-refractivity contribution in [3.8, 4) is 5.75 Å². The topological polar surface area (TPSA) is 46.6 Å². The van der Waals surface area contributed by atoms with Crippen LogP contribution in [-0.4, -0.2) is 15.5 Å². The summed E-state index contributed by atoms with van der Waals surface area (Å²) in [7, 11) is -2.17. The Morgan fingerprint density at radius 2 is 1.69 bits per heavy atom. The maximum Gasteiger partial charge on any atom is 0.265 e. The molecular weight excluding hydrogens is 470 g/mol. The van der Waals surface area contributed by atoms with Crippen molar-refractivity contribution in [2.75, 3.05) is 11.4 Å². The summed E-state index contributed by atoms with van der Waals surface area (Å²) in [6.45, 7) is 0.194. The van der Waals surface area contributed by atoms with Gasteiger partial charge in [-0.05, 0) is 51.8 Å². The lowest BCUT2D eigenvalue weighted by Crippen LogP contribution is -2.30. The van der Waals surface area contributed by atoms with Crippen molar-refractivity contribution in [2.45, 2.75) is 11.4 Å². The molecule has 4 aromatic rings. The fourth-order valence-corrected chi connectivity index (χ4v) is 6.93. The van der Waals surface area contributed by atoms with E-state index in [0.717, 1.165) is 20.1 Å². The van der Waals surface area contributed by atoms with Crippen LogP contribution in [0.3, 0.4) is 0 Å². The van der Waals surface area contributed by atoms with E-state index < -0.39 is 10.0 Å². The minimum Gasteiger partial charge on any atom is -0.497 e. The average molecular weight is 488 g/mol. The number of halogens is 1. The highest BCUT2D eigenvalue weighted by Crippen LogP contribution is 2.44. The van der Waals surface area contributed by atoms with E-state index in [9.17, 15) is 8.42 Å². The van der Waals surface area contributed by atoms with Crippen molar-refractivity contribution >= 4 is 52.4 Å². The number of methoxy groups -OCH3 is 1. The molecule has 0 unspecified atom stereocenters. The van der Waals surface area contributed by atoms with Crippen LogP contribution in [0.25, 0.3) is 10.1 Å². The van der Waals surface area contributed by atoms with E-state index >= 15 is 0 Å². The van der Waals surface area contributed by atoms with Gasteiger partial charge in [-0.25, -0.2) is 8.42 Å². The van der Waals surface area contributed by atoms with E-state index in [-0.39, 0.29) is 11.4 Å². The second-order valence-corrected chi connectivity index (χ2v) is 10.1. The third-order valence-electron chi connectivity index (χ3n) is 4.54. The minimum absolute atomic E-state index is 0.194. The monoisotopic (exact) mass is 487 g/mol. The van der Waals surface area contributed by atoms with Gasteiger partial charge < -0.3 is 4.74 Å². The second kappa shape index (κ2) is 8.18. The largest absolute Gasteiger partial charge is 0.497 e. The highest BCUT2D eigenvalue weighted by Gasteiger charge is 2.29. The first kappa shape index (κ1) is 19.9. The van der Waals surface area contributed by atoms with Crippen molar-refractivity contribution in [3.05, 3.63) is 88.9 Å². The second-order valence-electron chi connectivity index (χ2n) is 6.39. The predicted octanol–water partition coefficient (Wildman–Crippen LogP) is 6.07. The Morgan fingerprint density at radius 1 is 0.966 bits per heavy atom. The smallest absolute Gasteiger partial charge is 0.265 e. The first-order valence-electron chi connectivity index (χ1n) is 8.88. The zero-order chi connectivity index (χ0) is 20.4. The molecule has 0 radical (unpaired) electrons. The van der Waals surface area contributed by atoms with Crippen LogP contribution < -0.4 is 9.04 Å². The molecule has 0 saturated heterocycles. The number of anilines is 1. The summed E-state index contributed by atoms with van der Waals surface area (Å²) in [5.41, 5.74) is 0.841. The maximum atomic E-state index is 13.6. The minimum atomic E-state index is -3.77. The van der Waals surface area contributed by atoms with Crippen LogP contribution in [0.5, 0.6) is 5.75 Å². The van der Waals surface area contributed by atoms with E-state index in [1.54, 1.807) is 37.4 Å². The summed E-state index contributed by atoms with van der Waals surface area (Å²) >= 11 is 5.09. The maximum absolute atomic E-state index is 13.6. The van der Waals surface area contributed by atoms with Gasteiger partial charge in [-0.2, -0.15) is 0 Å². The zero-order valence-electron chi connectivity index (χ0n) is 15.6. The Kier molecular flexibility index (Phi) is 5.63. The summed E-state index contributed by atoms with van der Waals surface area (Å²) in [6.07, 6.45) is 0. The molecule has 0 atom stereocenters. The van der Waals surface area contributed by atoms with Crippen molar-refractivity contribution in [3.63, 3.8) is 0 Å². The average Bonchev–Trinajstić information content (AvgIpc) is 3.09. The number of hydrogen-bond donors (Lipinski definition) is 0. The number of fused-ring (bicyclic) bond motifs is 1. The molecule has 0 saturated carbocycles. The molecule has 4 nitrogen and oxygen atoms in total. The lowest BCUT2D eigenvalue weighted by atomic mass is 10.2. The summed E-state index contributed by atoms with van der Waals surface area (Å²) in [5, 5.41) is 1.64. The molecule has 0 fully saturated rings. The molecule has 0 spiro atoms. The Labute approximate surface area is 182 Å². The van der Waals surface area contributed by atoms with Gasteiger partial charge in [0.2, 0.25) is 0 Å². The highest BCUT2D eigenvalue weighted by atomic mass is 79.9. The van der Waals surface area contributed by atoms with E-state index in [2.05, 4.69) is 15.9 Å². The number of ether oxygens (including phenoxy) is 1. The van der Waals surface area contributed by atoms with Gasteiger partial charge in [0.25, 0.3) is 10.0 Å². The van der Waals surface area contributed by atoms with Crippen LogP contribution in [0.4, 0.5) is 5.00 Å². The van der Waals surface area contributed by atoms with E-state index in [0.29, 0.717) is 10.8 Å². The number of sulfonamides is 1. The number of hydrogen-bond acceptors (Lipinski definition) is 4. The fraction of sp³-hybridized carbons (Fsp3) is 0.0909. The first-order chi connectivity index (χ1) is 14.0. The number of rotatable bonds is 6. The lowest BCUT2D eigenvalue weighted by Gasteiger charge is -2.24. The van der Waals surface area contributed by atoms with Gasteiger partial charge in [0.15, 0.2) is 0 Å². The molecule has 0 aliphatic heterocycles. The predicted molar refractivity (Wildman–Crippen MR) is 122 cm³/mol. The number of nitrogens with zero attached hydrogens (tertiary/aromatic N) is 1. The van der Waals surface area contributed by atoms with Crippen LogP contribution in [0.2, 0.25) is 0 Å². The molecule has 29 heavy (non-hydrogen) atoms. The molecule has 148 valence electrons. The molecule has 0 N–H and O–H groups in total. The van der Waals surface area contributed by atoms with Crippen molar-refractivity contribution in [1.82, 2.24) is 0 Å². The quantitative estimate of drug-likeness (QED) is 0.331. The zero-order valence-corrected chi connectivity index (χ0v) is 18.8. The van der Waals surface area contributed by atoms with Gasteiger partial charge in [0, 0.05) is 10.1 Å². The van der Waals surface area contributed by atoms with E-state index in [1.807, 2.05) is 48.5 Å². The van der Waals surface area contributed by atoms with Gasteiger partial charge in [-0.3, -0.25) is 4.31 Å². The molecule has 7 heteroatoms. The van der Waals surface area contributed by atoms with Crippen LogP contribution in [0.15, 0.2) is 88.2 Å². The Bertz CT molecular complexity index is 1250. The van der Waals surface area contributed by atoms with Gasteiger partial charge in [-0.1, -0.05) is 48.5 Å². The highest BCUT2D eigenvalue weighted by molar-refractivity contribution is 9.10. The number of thiophene rings is 1. The molecule has 3 aromatic carbocycles. The van der Waals surface area contributed by atoms with Crippen LogP contribution in [0, 0.1) is 0 Å². The molecule has 0 bridgehead atoms. The molecule has 0 aliphatic carbocycles. The molecule has 0 aliphatic rings. The molecule has 1 heterocycles. The van der Waals surface area contributed by atoms with Gasteiger partial charge in [0.05, 0.1) is 23.0 Å². The summed E-state index contributed by atoms with van der Waals surface area (Å²) in [5.74, 6) is 0.690. The summed E-state index contributed by atoms with van der Waals surface area (Å²) < 4.78 is 35.8. The van der Waals surface area contributed by atoms with Crippen LogP contribution in [-0.2, 0) is 16.6 Å².